The summed E-state index contributed by atoms with van der Waals surface area (Å²) in [6, 6.07) is 21.6. The lowest BCUT2D eigenvalue weighted by Gasteiger charge is -2.50. The average Bonchev–Trinajstić information content (AvgIpc) is 3.20. The number of aromatic amines is 1. The van der Waals surface area contributed by atoms with Crippen LogP contribution in [0.4, 0.5) is 0 Å². The van der Waals surface area contributed by atoms with Crippen molar-refractivity contribution >= 4 is 39.7 Å². The Hall–Kier alpha value is -3.93. The van der Waals surface area contributed by atoms with E-state index in [1.807, 2.05) is 74.5 Å². The van der Waals surface area contributed by atoms with Crippen LogP contribution in [-0.2, 0) is 21.5 Å². The predicted molar refractivity (Wildman–Crippen MR) is 129 cm³/mol. The Balaban J connectivity index is 1.38. The summed E-state index contributed by atoms with van der Waals surface area (Å²) >= 11 is 0. The van der Waals surface area contributed by atoms with Crippen molar-refractivity contribution in [3.63, 3.8) is 0 Å². The fourth-order valence-corrected chi connectivity index (χ4v) is 5.46. The molecule has 33 heavy (non-hydrogen) atoms. The van der Waals surface area contributed by atoms with Gasteiger partial charge in [-0.15, -0.1) is 0 Å². The van der Waals surface area contributed by atoms with E-state index in [0.29, 0.717) is 6.42 Å². The van der Waals surface area contributed by atoms with Crippen LogP contribution in [-0.4, -0.2) is 45.5 Å². The summed E-state index contributed by atoms with van der Waals surface area (Å²) in [5.41, 5.74) is 3.45. The Labute approximate surface area is 191 Å². The largest absolute Gasteiger partial charge is 0.356 e. The SMILES string of the molecule is CC1(C)c2[nH]c3ccccc3c2C[C@H]2C(=O)N(N=Cc3cccc4ccccc34)CC(=O)N21. The Morgan fingerprint density at radius 1 is 0.970 bits per heavy atom. The lowest BCUT2D eigenvalue weighted by Crippen LogP contribution is -2.66. The van der Waals surface area contributed by atoms with Crippen LogP contribution in [0.15, 0.2) is 71.8 Å². The van der Waals surface area contributed by atoms with Crippen molar-refractivity contribution in [3.05, 3.63) is 83.6 Å². The number of hydrogen-bond donors (Lipinski definition) is 1. The molecule has 2 aliphatic heterocycles. The van der Waals surface area contributed by atoms with E-state index in [0.717, 1.165) is 38.5 Å². The van der Waals surface area contributed by atoms with Crippen molar-refractivity contribution in [2.45, 2.75) is 31.8 Å². The second-order valence-electron chi connectivity index (χ2n) is 9.28. The number of hydrazone groups is 1. The molecule has 0 radical (unpaired) electrons. The highest BCUT2D eigenvalue weighted by atomic mass is 16.2. The lowest BCUT2D eigenvalue weighted by atomic mass is 9.82. The number of nitrogens with zero attached hydrogens (tertiary/aromatic N) is 3. The number of para-hydroxylation sites is 1. The van der Waals surface area contributed by atoms with Gasteiger partial charge < -0.3 is 9.88 Å². The van der Waals surface area contributed by atoms with Crippen molar-refractivity contribution in [1.29, 1.82) is 0 Å². The van der Waals surface area contributed by atoms with Gasteiger partial charge >= 0.3 is 0 Å². The van der Waals surface area contributed by atoms with Crippen LogP contribution in [0.2, 0.25) is 0 Å². The molecule has 0 unspecified atom stereocenters. The minimum atomic E-state index is -0.616. The molecule has 0 saturated carbocycles. The summed E-state index contributed by atoms with van der Waals surface area (Å²) in [5, 5.41) is 9.09. The van der Waals surface area contributed by atoms with Gasteiger partial charge in [-0.25, -0.2) is 5.01 Å². The molecule has 3 heterocycles. The molecule has 1 aromatic heterocycles. The van der Waals surface area contributed by atoms with Crippen molar-refractivity contribution in [1.82, 2.24) is 14.9 Å². The number of piperazine rings is 1. The maximum absolute atomic E-state index is 13.6. The maximum atomic E-state index is 13.6. The topological polar surface area (TPSA) is 68.8 Å². The Morgan fingerprint density at radius 3 is 2.55 bits per heavy atom. The van der Waals surface area contributed by atoms with E-state index in [9.17, 15) is 9.59 Å². The molecule has 2 amide bonds. The molecular weight excluding hydrogens is 412 g/mol. The van der Waals surface area contributed by atoms with Gasteiger partial charge in [-0.05, 0) is 36.2 Å². The van der Waals surface area contributed by atoms with Crippen LogP contribution >= 0.6 is 0 Å². The van der Waals surface area contributed by atoms with Crippen LogP contribution < -0.4 is 0 Å². The molecule has 1 saturated heterocycles. The summed E-state index contributed by atoms with van der Waals surface area (Å²) in [4.78, 5) is 32.1. The first-order valence-electron chi connectivity index (χ1n) is 11.2. The number of nitrogens with one attached hydrogen (secondary N) is 1. The lowest BCUT2D eigenvalue weighted by molar-refractivity contribution is -0.163. The number of hydrogen-bond acceptors (Lipinski definition) is 3. The van der Waals surface area contributed by atoms with E-state index in [-0.39, 0.29) is 18.4 Å². The Bertz CT molecular complexity index is 1460. The molecule has 0 spiro atoms. The van der Waals surface area contributed by atoms with Crippen molar-refractivity contribution in [3.8, 4) is 0 Å². The number of benzene rings is 3. The maximum Gasteiger partial charge on any atom is 0.266 e. The van der Waals surface area contributed by atoms with Gasteiger partial charge in [0.15, 0.2) is 0 Å². The van der Waals surface area contributed by atoms with E-state index < -0.39 is 11.6 Å². The fourth-order valence-electron chi connectivity index (χ4n) is 5.46. The minimum Gasteiger partial charge on any atom is -0.356 e. The van der Waals surface area contributed by atoms with Crippen molar-refractivity contribution < 1.29 is 9.59 Å². The van der Waals surface area contributed by atoms with Gasteiger partial charge in [0.1, 0.15) is 12.6 Å². The number of H-pyrrole nitrogens is 1. The first-order chi connectivity index (χ1) is 15.9. The highest BCUT2D eigenvalue weighted by molar-refractivity contribution is 6.01. The average molecular weight is 437 g/mol. The van der Waals surface area contributed by atoms with Gasteiger partial charge in [0, 0.05) is 28.6 Å². The van der Waals surface area contributed by atoms with Gasteiger partial charge in [0.05, 0.1) is 11.8 Å². The summed E-state index contributed by atoms with van der Waals surface area (Å²) in [7, 11) is 0. The third-order valence-electron chi connectivity index (χ3n) is 6.99. The van der Waals surface area contributed by atoms with Gasteiger partial charge in [-0.3, -0.25) is 9.59 Å². The van der Waals surface area contributed by atoms with Gasteiger partial charge in [-0.1, -0.05) is 60.7 Å². The quantitative estimate of drug-likeness (QED) is 0.479. The van der Waals surface area contributed by atoms with Crippen molar-refractivity contribution in [2.75, 3.05) is 6.54 Å². The molecule has 6 nitrogen and oxygen atoms in total. The summed E-state index contributed by atoms with van der Waals surface area (Å²) in [6.45, 7) is 3.96. The number of carbonyl (C=O) groups excluding carboxylic acids is 2. The zero-order valence-corrected chi connectivity index (χ0v) is 18.6. The van der Waals surface area contributed by atoms with E-state index in [4.69, 9.17) is 0 Å². The Morgan fingerprint density at radius 2 is 1.70 bits per heavy atom. The molecule has 0 bridgehead atoms. The first-order valence-corrected chi connectivity index (χ1v) is 11.2. The minimum absolute atomic E-state index is 0.0599. The molecule has 6 rings (SSSR count). The third kappa shape index (κ3) is 2.90. The van der Waals surface area contributed by atoms with Crippen LogP contribution in [0.3, 0.4) is 0 Å². The zero-order chi connectivity index (χ0) is 22.7. The van der Waals surface area contributed by atoms with Gasteiger partial charge in [0.25, 0.3) is 5.91 Å². The molecular formula is C27H24N4O2. The fraction of sp³-hybridized carbons (Fsp3) is 0.222. The highest BCUT2D eigenvalue weighted by Crippen LogP contribution is 2.42. The van der Waals surface area contributed by atoms with E-state index in [1.54, 1.807) is 11.1 Å². The molecule has 4 aromatic rings. The van der Waals surface area contributed by atoms with Crippen LogP contribution in [0.5, 0.6) is 0 Å². The number of fused-ring (bicyclic) bond motifs is 5. The molecule has 0 aliphatic carbocycles. The number of amides is 2. The summed E-state index contributed by atoms with van der Waals surface area (Å²) < 4.78 is 0. The molecule has 2 aliphatic rings. The van der Waals surface area contributed by atoms with Crippen LogP contribution in [0, 0.1) is 0 Å². The van der Waals surface area contributed by atoms with Crippen LogP contribution in [0.1, 0.15) is 30.7 Å². The van der Waals surface area contributed by atoms with E-state index >= 15 is 0 Å². The Kier molecular flexibility index (Phi) is 4.21. The van der Waals surface area contributed by atoms with Gasteiger partial charge in [0.2, 0.25) is 5.91 Å². The van der Waals surface area contributed by atoms with Crippen LogP contribution in [0.25, 0.3) is 21.7 Å². The monoisotopic (exact) mass is 436 g/mol. The second kappa shape index (κ2) is 7.04. The molecule has 1 fully saturated rings. The van der Waals surface area contributed by atoms with Gasteiger partial charge in [-0.2, -0.15) is 5.10 Å². The number of carbonyl (C=O) groups is 2. The normalized spacial score (nSPS) is 20.0. The molecule has 1 N–H and O–H groups in total. The van der Waals surface area contributed by atoms with E-state index in [2.05, 4.69) is 16.2 Å². The smallest absolute Gasteiger partial charge is 0.266 e. The molecule has 1 atom stereocenters. The zero-order valence-electron chi connectivity index (χ0n) is 18.6. The molecule has 3 aromatic carbocycles. The standard InChI is InChI=1S/C27H24N4O2/c1-27(2)25-21(20-12-5-6-13-22(20)29-25)14-23-26(33)30(16-24(32)31(23)27)28-15-18-10-7-9-17-8-3-4-11-19(17)18/h3-13,15,23,29H,14,16H2,1-2H3/t23-/m0/s1. The number of rotatable bonds is 2. The third-order valence-corrected chi connectivity index (χ3v) is 6.99. The first kappa shape index (κ1) is 19.7. The second-order valence-corrected chi connectivity index (χ2v) is 9.28. The highest BCUT2D eigenvalue weighted by Gasteiger charge is 2.51. The molecule has 164 valence electrons. The predicted octanol–water partition coefficient (Wildman–Crippen LogP) is 4.19. The molecule has 6 heteroatoms. The summed E-state index contributed by atoms with van der Waals surface area (Å²) in [5.74, 6) is -0.237. The van der Waals surface area contributed by atoms with Crippen molar-refractivity contribution in [2.24, 2.45) is 5.10 Å². The van der Waals surface area contributed by atoms with E-state index in [1.165, 1.54) is 5.01 Å². The summed E-state index contributed by atoms with van der Waals surface area (Å²) in [6.07, 6.45) is 2.17. The number of aromatic nitrogens is 1.